The van der Waals surface area contributed by atoms with Crippen LogP contribution in [0.2, 0.25) is 0 Å². The van der Waals surface area contributed by atoms with E-state index in [0.29, 0.717) is 23.6 Å². The maximum atomic E-state index is 11.1. The van der Waals surface area contributed by atoms with Crippen molar-refractivity contribution in [3.8, 4) is 11.1 Å². The van der Waals surface area contributed by atoms with Gasteiger partial charge in [-0.25, -0.2) is 9.78 Å². The first-order valence-corrected chi connectivity index (χ1v) is 6.70. The third-order valence-electron chi connectivity index (χ3n) is 3.24. The summed E-state index contributed by atoms with van der Waals surface area (Å²) in [7, 11) is 0. The number of aliphatic hydroxyl groups excluding tert-OH is 1. The van der Waals surface area contributed by atoms with Gasteiger partial charge in [-0.3, -0.25) is 4.98 Å². The van der Waals surface area contributed by atoms with Crippen molar-refractivity contribution in [2.24, 2.45) is 0 Å². The summed E-state index contributed by atoms with van der Waals surface area (Å²) in [6, 6.07) is 5.27. The molecule has 7 heteroatoms. The number of aromatic amines is 1. The zero-order valence-electron chi connectivity index (χ0n) is 11.6. The SMILES string of the molecule is O=C(O)c1cncc(-c2cc(NCCO)nc3[nH]ccc23)c1. The molecule has 4 N–H and O–H groups in total. The molecule has 0 fully saturated rings. The summed E-state index contributed by atoms with van der Waals surface area (Å²) >= 11 is 0. The Morgan fingerprint density at radius 1 is 1.32 bits per heavy atom. The Hall–Kier alpha value is -2.93. The smallest absolute Gasteiger partial charge is 0.337 e. The van der Waals surface area contributed by atoms with E-state index in [2.05, 4.69) is 20.3 Å². The molecule has 0 unspecified atom stereocenters. The van der Waals surface area contributed by atoms with Crippen molar-refractivity contribution in [3.05, 3.63) is 42.4 Å². The van der Waals surface area contributed by atoms with Gasteiger partial charge in [-0.15, -0.1) is 0 Å². The van der Waals surface area contributed by atoms with Crippen LogP contribution in [0.3, 0.4) is 0 Å². The van der Waals surface area contributed by atoms with Gasteiger partial charge in [0.2, 0.25) is 0 Å². The lowest BCUT2D eigenvalue weighted by Crippen LogP contribution is -2.07. The van der Waals surface area contributed by atoms with Crippen LogP contribution in [0.1, 0.15) is 10.4 Å². The van der Waals surface area contributed by atoms with Gasteiger partial charge in [-0.05, 0) is 23.8 Å². The number of carboxylic acid groups (broad SMARTS) is 1. The summed E-state index contributed by atoms with van der Waals surface area (Å²) in [4.78, 5) is 22.5. The molecule has 3 heterocycles. The molecule has 0 aliphatic rings. The molecular formula is C15H14N4O3. The second-order valence-electron chi connectivity index (χ2n) is 4.71. The highest BCUT2D eigenvalue weighted by Crippen LogP contribution is 2.29. The first-order chi connectivity index (χ1) is 10.7. The second-order valence-corrected chi connectivity index (χ2v) is 4.71. The number of aromatic carboxylic acids is 1. The van der Waals surface area contributed by atoms with Gasteiger partial charge in [0.25, 0.3) is 0 Å². The van der Waals surface area contributed by atoms with Crippen LogP contribution >= 0.6 is 0 Å². The summed E-state index contributed by atoms with van der Waals surface area (Å²) in [5.74, 6) is -0.424. The number of nitrogens with zero attached hydrogens (tertiary/aromatic N) is 2. The van der Waals surface area contributed by atoms with Crippen LogP contribution in [0.25, 0.3) is 22.2 Å². The predicted molar refractivity (Wildman–Crippen MR) is 81.9 cm³/mol. The van der Waals surface area contributed by atoms with Gasteiger partial charge in [-0.2, -0.15) is 0 Å². The lowest BCUT2D eigenvalue weighted by molar-refractivity contribution is 0.0696. The fourth-order valence-corrected chi connectivity index (χ4v) is 2.26. The molecule has 0 bridgehead atoms. The Morgan fingerprint density at radius 3 is 2.95 bits per heavy atom. The van der Waals surface area contributed by atoms with Gasteiger partial charge in [-0.1, -0.05) is 0 Å². The van der Waals surface area contributed by atoms with Gasteiger partial charge >= 0.3 is 5.97 Å². The highest BCUT2D eigenvalue weighted by atomic mass is 16.4. The van der Waals surface area contributed by atoms with Crippen molar-refractivity contribution in [1.29, 1.82) is 0 Å². The number of rotatable bonds is 5. The predicted octanol–water partition coefficient (Wildman–Crippen LogP) is 1.73. The van der Waals surface area contributed by atoms with Gasteiger partial charge in [0, 0.05) is 36.1 Å². The molecule has 0 spiro atoms. The number of H-pyrrole nitrogens is 1. The van der Waals surface area contributed by atoms with Crippen LogP contribution in [0.4, 0.5) is 5.82 Å². The number of pyridine rings is 2. The first-order valence-electron chi connectivity index (χ1n) is 6.70. The number of carboxylic acids is 1. The van der Waals surface area contributed by atoms with E-state index in [-0.39, 0.29) is 12.2 Å². The minimum atomic E-state index is -1.02. The second kappa shape index (κ2) is 5.82. The highest BCUT2D eigenvalue weighted by Gasteiger charge is 2.11. The van der Waals surface area contributed by atoms with Crippen molar-refractivity contribution >= 4 is 22.8 Å². The molecule has 3 aromatic rings. The number of hydrogen-bond acceptors (Lipinski definition) is 5. The van der Waals surface area contributed by atoms with Gasteiger partial charge in [0.05, 0.1) is 12.2 Å². The summed E-state index contributed by atoms with van der Waals surface area (Å²) in [6.45, 7) is 0.377. The molecule has 0 amide bonds. The van der Waals surface area contributed by atoms with E-state index in [4.69, 9.17) is 10.2 Å². The molecule has 3 aromatic heterocycles. The van der Waals surface area contributed by atoms with Gasteiger partial charge in [0.15, 0.2) is 0 Å². The topological polar surface area (TPSA) is 111 Å². The normalized spacial score (nSPS) is 10.8. The quantitative estimate of drug-likeness (QED) is 0.571. The first kappa shape index (κ1) is 14.0. The molecule has 0 aliphatic carbocycles. The molecule has 0 aliphatic heterocycles. The van der Waals surface area contributed by atoms with E-state index in [1.807, 2.05) is 12.1 Å². The standard InChI is InChI=1S/C15H14N4O3/c20-4-3-17-13-6-12(11-1-2-18-14(11)19-13)9-5-10(15(21)22)8-16-7-9/h1-2,5-8,20H,3-4H2,(H,21,22)(H2,17,18,19). The Labute approximate surface area is 125 Å². The Morgan fingerprint density at radius 2 is 2.18 bits per heavy atom. The average Bonchev–Trinajstić information content (AvgIpc) is 3.00. The van der Waals surface area contributed by atoms with E-state index in [1.54, 1.807) is 18.5 Å². The summed E-state index contributed by atoms with van der Waals surface area (Å²) in [6.07, 6.45) is 4.70. The zero-order valence-corrected chi connectivity index (χ0v) is 11.6. The van der Waals surface area contributed by atoms with E-state index in [0.717, 1.165) is 10.9 Å². The van der Waals surface area contributed by atoms with Crippen molar-refractivity contribution in [1.82, 2.24) is 15.0 Å². The van der Waals surface area contributed by atoms with E-state index >= 15 is 0 Å². The Bertz CT molecular complexity index is 829. The van der Waals surface area contributed by atoms with Crippen LogP contribution in [-0.2, 0) is 0 Å². The fraction of sp³-hybridized carbons (Fsp3) is 0.133. The molecule has 0 saturated carbocycles. The number of anilines is 1. The number of hydrogen-bond donors (Lipinski definition) is 4. The summed E-state index contributed by atoms with van der Waals surface area (Å²) in [5, 5.41) is 21.9. The van der Waals surface area contributed by atoms with Crippen LogP contribution in [0, 0.1) is 0 Å². The molecule has 22 heavy (non-hydrogen) atoms. The molecule has 0 saturated heterocycles. The van der Waals surface area contributed by atoms with Crippen molar-refractivity contribution in [2.75, 3.05) is 18.5 Å². The lowest BCUT2D eigenvalue weighted by Gasteiger charge is -2.09. The molecule has 0 aromatic carbocycles. The Kier molecular flexibility index (Phi) is 3.71. The van der Waals surface area contributed by atoms with Gasteiger partial charge in [0.1, 0.15) is 11.5 Å². The van der Waals surface area contributed by atoms with Gasteiger partial charge < -0.3 is 20.5 Å². The van der Waals surface area contributed by atoms with Crippen molar-refractivity contribution in [2.45, 2.75) is 0 Å². The lowest BCUT2D eigenvalue weighted by atomic mass is 10.0. The van der Waals surface area contributed by atoms with E-state index < -0.39 is 5.97 Å². The fourth-order valence-electron chi connectivity index (χ4n) is 2.26. The molecular weight excluding hydrogens is 284 g/mol. The largest absolute Gasteiger partial charge is 0.478 e. The van der Waals surface area contributed by atoms with Crippen LogP contribution in [0.15, 0.2) is 36.8 Å². The van der Waals surface area contributed by atoms with Crippen LogP contribution in [0.5, 0.6) is 0 Å². The molecule has 0 atom stereocenters. The molecule has 3 rings (SSSR count). The number of fused-ring (bicyclic) bond motifs is 1. The van der Waals surface area contributed by atoms with E-state index in [9.17, 15) is 4.79 Å². The average molecular weight is 298 g/mol. The minimum absolute atomic E-state index is 0.00414. The number of nitrogens with one attached hydrogen (secondary N) is 2. The molecule has 0 radical (unpaired) electrons. The maximum absolute atomic E-state index is 11.1. The van der Waals surface area contributed by atoms with Crippen LogP contribution < -0.4 is 5.32 Å². The third kappa shape index (κ3) is 2.61. The Balaban J connectivity index is 2.14. The van der Waals surface area contributed by atoms with Crippen molar-refractivity contribution < 1.29 is 15.0 Å². The number of aromatic nitrogens is 3. The minimum Gasteiger partial charge on any atom is -0.478 e. The van der Waals surface area contributed by atoms with Crippen LogP contribution in [-0.4, -0.2) is 44.3 Å². The highest BCUT2D eigenvalue weighted by molar-refractivity contribution is 5.96. The van der Waals surface area contributed by atoms with Crippen molar-refractivity contribution in [3.63, 3.8) is 0 Å². The number of carbonyl (C=O) groups is 1. The summed E-state index contributed by atoms with van der Waals surface area (Å²) < 4.78 is 0. The maximum Gasteiger partial charge on any atom is 0.337 e. The summed E-state index contributed by atoms with van der Waals surface area (Å²) in [5.41, 5.74) is 2.32. The monoisotopic (exact) mass is 298 g/mol. The van der Waals surface area contributed by atoms with E-state index in [1.165, 1.54) is 6.20 Å². The zero-order chi connectivity index (χ0) is 15.5. The molecule has 112 valence electrons. The number of aliphatic hydroxyl groups is 1. The molecule has 7 nitrogen and oxygen atoms in total. The third-order valence-corrected chi connectivity index (χ3v) is 3.24.